The zero-order valence-corrected chi connectivity index (χ0v) is 18.9. The van der Waals surface area contributed by atoms with E-state index in [2.05, 4.69) is 10.6 Å². The van der Waals surface area contributed by atoms with Gasteiger partial charge >= 0.3 is 0 Å². The van der Waals surface area contributed by atoms with Crippen molar-refractivity contribution < 1.29 is 22.7 Å². The Morgan fingerprint density at radius 3 is 2.38 bits per heavy atom. The standard InChI is InChI=1S/C23H29N3O5S/c1-31-16-13-24-23(28)20-9-5-6-10-21(20)25-22(27)19-11-14-26(15-12-19)32(29,30)17-18-7-3-2-4-8-18/h2-10,19H,11-17H2,1H3,(H,24,28)(H,25,27). The van der Waals surface area contributed by atoms with Crippen molar-refractivity contribution in [2.45, 2.75) is 18.6 Å². The summed E-state index contributed by atoms with van der Waals surface area (Å²) in [6.07, 6.45) is 0.865. The smallest absolute Gasteiger partial charge is 0.253 e. The fourth-order valence-corrected chi connectivity index (χ4v) is 5.22. The monoisotopic (exact) mass is 459 g/mol. The number of piperidine rings is 1. The van der Waals surface area contributed by atoms with E-state index >= 15 is 0 Å². The predicted molar refractivity (Wildman–Crippen MR) is 123 cm³/mol. The Kier molecular flexibility index (Phi) is 8.38. The number of nitrogens with one attached hydrogen (secondary N) is 2. The third kappa shape index (κ3) is 6.38. The highest BCUT2D eigenvalue weighted by Crippen LogP contribution is 2.24. The number of hydrogen-bond acceptors (Lipinski definition) is 5. The molecule has 0 spiro atoms. The number of carbonyl (C=O) groups is 2. The van der Waals surface area contributed by atoms with Crippen molar-refractivity contribution in [2.75, 3.05) is 38.7 Å². The summed E-state index contributed by atoms with van der Waals surface area (Å²) < 4.78 is 31.8. The first kappa shape index (κ1) is 23.9. The first-order valence-corrected chi connectivity index (χ1v) is 12.2. The van der Waals surface area contributed by atoms with Gasteiger partial charge in [0.25, 0.3) is 5.91 Å². The average molecular weight is 460 g/mol. The summed E-state index contributed by atoms with van der Waals surface area (Å²) in [5.41, 5.74) is 1.55. The topological polar surface area (TPSA) is 105 Å². The van der Waals surface area contributed by atoms with E-state index in [0.29, 0.717) is 50.3 Å². The fourth-order valence-electron chi connectivity index (χ4n) is 3.66. The lowest BCUT2D eigenvalue weighted by Crippen LogP contribution is -2.42. The van der Waals surface area contributed by atoms with E-state index < -0.39 is 10.0 Å². The van der Waals surface area contributed by atoms with E-state index in [0.717, 1.165) is 5.56 Å². The van der Waals surface area contributed by atoms with Gasteiger partial charge in [-0.2, -0.15) is 0 Å². The van der Waals surface area contributed by atoms with Gasteiger partial charge in [-0.05, 0) is 30.5 Å². The van der Waals surface area contributed by atoms with Crippen molar-refractivity contribution in [1.29, 1.82) is 0 Å². The van der Waals surface area contributed by atoms with Crippen LogP contribution >= 0.6 is 0 Å². The van der Waals surface area contributed by atoms with Crippen LogP contribution in [0.1, 0.15) is 28.8 Å². The maximum atomic E-state index is 12.8. The molecule has 8 nitrogen and oxygen atoms in total. The Balaban J connectivity index is 1.57. The number of para-hydroxylation sites is 1. The summed E-state index contributed by atoms with van der Waals surface area (Å²) in [7, 11) is -1.88. The van der Waals surface area contributed by atoms with Crippen molar-refractivity contribution in [3.05, 3.63) is 65.7 Å². The number of amides is 2. The van der Waals surface area contributed by atoms with Gasteiger partial charge in [-0.1, -0.05) is 42.5 Å². The molecule has 0 aliphatic carbocycles. The number of ether oxygens (including phenoxy) is 1. The summed E-state index contributed by atoms with van der Waals surface area (Å²) in [5, 5.41) is 5.59. The minimum atomic E-state index is -3.44. The summed E-state index contributed by atoms with van der Waals surface area (Å²) in [4.78, 5) is 25.2. The van der Waals surface area contributed by atoms with Crippen molar-refractivity contribution >= 4 is 27.5 Å². The zero-order chi connectivity index (χ0) is 23.0. The summed E-state index contributed by atoms with van der Waals surface area (Å²) >= 11 is 0. The Labute approximate surface area is 189 Å². The lowest BCUT2D eigenvalue weighted by molar-refractivity contribution is -0.120. The Hall–Kier alpha value is -2.75. The van der Waals surface area contributed by atoms with Gasteiger partial charge in [-0.3, -0.25) is 9.59 Å². The van der Waals surface area contributed by atoms with Crippen LogP contribution in [0.3, 0.4) is 0 Å². The van der Waals surface area contributed by atoms with Crippen molar-refractivity contribution in [3.63, 3.8) is 0 Å². The molecule has 2 N–H and O–H groups in total. The second-order valence-corrected chi connectivity index (χ2v) is 9.67. The molecule has 2 amide bonds. The largest absolute Gasteiger partial charge is 0.383 e. The number of sulfonamides is 1. The molecule has 9 heteroatoms. The third-order valence-electron chi connectivity index (χ3n) is 5.43. The number of methoxy groups -OCH3 is 1. The van der Waals surface area contributed by atoms with Crippen LogP contribution in [-0.2, 0) is 25.3 Å². The minimum absolute atomic E-state index is 0.0454. The van der Waals surface area contributed by atoms with E-state index in [4.69, 9.17) is 4.74 Å². The molecule has 1 saturated heterocycles. The Morgan fingerprint density at radius 1 is 1.03 bits per heavy atom. The fraction of sp³-hybridized carbons (Fsp3) is 0.391. The van der Waals surface area contributed by atoms with Gasteiger partial charge in [0.2, 0.25) is 15.9 Å². The average Bonchev–Trinajstić information content (AvgIpc) is 2.80. The lowest BCUT2D eigenvalue weighted by atomic mass is 9.97. The molecule has 0 unspecified atom stereocenters. The number of rotatable bonds is 9. The Morgan fingerprint density at radius 2 is 1.69 bits per heavy atom. The number of nitrogens with zero attached hydrogens (tertiary/aromatic N) is 1. The van der Waals surface area contributed by atoms with Crippen LogP contribution < -0.4 is 10.6 Å². The maximum absolute atomic E-state index is 12.8. The molecule has 0 atom stereocenters. The zero-order valence-electron chi connectivity index (χ0n) is 18.1. The van der Waals surface area contributed by atoms with E-state index in [1.54, 1.807) is 43.5 Å². The lowest BCUT2D eigenvalue weighted by Gasteiger charge is -2.30. The van der Waals surface area contributed by atoms with E-state index in [-0.39, 0.29) is 23.5 Å². The van der Waals surface area contributed by atoms with Gasteiger partial charge in [-0.25, -0.2) is 12.7 Å². The predicted octanol–water partition coefficient (Wildman–Crippen LogP) is 2.24. The van der Waals surface area contributed by atoms with Crippen LogP contribution in [0.25, 0.3) is 0 Å². The van der Waals surface area contributed by atoms with E-state index in [1.807, 2.05) is 18.2 Å². The molecule has 0 aromatic heterocycles. The molecule has 2 aromatic rings. The van der Waals surface area contributed by atoms with E-state index in [9.17, 15) is 18.0 Å². The van der Waals surface area contributed by atoms with Crippen molar-refractivity contribution in [3.8, 4) is 0 Å². The third-order valence-corrected chi connectivity index (χ3v) is 7.28. The molecule has 172 valence electrons. The van der Waals surface area contributed by atoms with Crippen LogP contribution in [0.2, 0.25) is 0 Å². The molecule has 1 fully saturated rings. The number of hydrogen-bond donors (Lipinski definition) is 2. The molecule has 1 aliphatic heterocycles. The molecule has 2 aromatic carbocycles. The van der Waals surface area contributed by atoms with Gasteiger partial charge in [0.15, 0.2) is 0 Å². The van der Waals surface area contributed by atoms with Gasteiger partial charge in [-0.15, -0.1) is 0 Å². The van der Waals surface area contributed by atoms with Crippen LogP contribution in [0.5, 0.6) is 0 Å². The molecule has 1 heterocycles. The first-order chi connectivity index (χ1) is 15.4. The highest BCUT2D eigenvalue weighted by Gasteiger charge is 2.31. The quantitative estimate of drug-likeness (QED) is 0.560. The summed E-state index contributed by atoms with van der Waals surface area (Å²) in [6.45, 7) is 1.36. The van der Waals surface area contributed by atoms with Crippen LogP contribution in [0, 0.1) is 5.92 Å². The SMILES string of the molecule is COCCNC(=O)c1ccccc1NC(=O)C1CCN(S(=O)(=O)Cc2ccccc2)CC1. The van der Waals surface area contributed by atoms with Gasteiger partial charge in [0.05, 0.1) is 23.6 Å². The van der Waals surface area contributed by atoms with Gasteiger partial charge in [0, 0.05) is 32.7 Å². The second-order valence-electron chi connectivity index (χ2n) is 7.70. The number of benzene rings is 2. The summed E-state index contributed by atoms with van der Waals surface area (Å²) in [5.74, 6) is -0.860. The molecule has 1 aliphatic rings. The van der Waals surface area contributed by atoms with Crippen molar-refractivity contribution in [1.82, 2.24) is 9.62 Å². The van der Waals surface area contributed by atoms with Gasteiger partial charge in [0.1, 0.15) is 0 Å². The Bertz CT molecular complexity index is 1020. The highest BCUT2D eigenvalue weighted by molar-refractivity contribution is 7.88. The normalized spacial score (nSPS) is 15.3. The molecule has 0 bridgehead atoms. The summed E-state index contributed by atoms with van der Waals surface area (Å²) in [6, 6.07) is 15.9. The van der Waals surface area contributed by atoms with Crippen LogP contribution in [-0.4, -0.2) is 57.9 Å². The van der Waals surface area contributed by atoms with Gasteiger partial charge < -0.3 is 15.4 Å². The molecular formula is C23H29N3O5S. The number of anilines is 1. The molecule has 3 rings (SSSR count). The van der Waals surface area contributed by atoms with Crippen molar-refractivity contribution in [2.24, 2.45) is 5.92 Å². The minimum Gasteiger partial charge on any atom is -0.383 e. The van der Waals surface area contributed by atoms with E-state index in [1.165, 1.54) is 4.31 Å². The first-order valence-electron chi connectivity index (χ1n) is 10.6. The van der Waals surface area contributed by atoms with Crippen LogP contribution in [0.4, 0.5) is 5.69 Å². The molecule has 32 heavy (non-hydrogen) atoms. The number of carbonyl (C=O) groups excluding carboxylic acids is 2. The maximum Gasteiger partial charge on any atom is 0.253 e. The molecular weight excluding hydrogens is 430 g/mol. The molecule has 0 radical (unpaired) electrons. The highest BCUT2D eigenvalue weighted by atomic mass is 32.2. The van der Waals surface area contributed by atoms with Crippen LogP contribution in [0.15, 0.2) is 54.6 Å². The second kappa shape index (κ2) is 11.2. The molecule has 0 saturated carbocycles.